The topological polar surface area (TPSA) is 145 Å². The quantitative estimate of drug-likeness (QED) is 0.539. The van der Waals surface area contributed by atoms with E-state index >= 15 is 0 Å². The predicted octanol–water partition coefficient (Wildman–Crippen LogP) is -0.217. The second-order valence-electron chi connectivity index (χ2n) is 6.42. The first-order valence-corrected chi connectivity index (χ1v) is 8.32. The number of rotatable bonds is 7. The van der Waals surface area contributed by atoms with Crippen molar-refractivity contribution in [3.8, 4) is 0 Å². The molecule has 1 aliphatic rings. The Kier molecular flexibility index (Phi) is 6.11. The van der Waals surface area contributed by atoms with E-state index in [2.05, 4.69) is 10.2 Å². The van der Waals surface area contributed by atoms with Crippen LogP contribution < -0.4 is 22.5 Å². The Labute approximate surface area is 146 Å². The van der Waals surface area contributed by atoms with Crippen LogP contribution in [0.2, 0.25) is 0 Å². The third kappa shape index (κ3) is 5.01. The summed E-state index contributed by atoms with van der Waals surface area (Å²) in [5, 5.41) is 2.72. The van der Waals surface area contributed by atoms with Gasteiger partial charge in [0.05, 0.1) is 16.8 Å². The van der Waals surface area contributed by atoms with Crippen molar-refractivity contribution in [1.82, 2.24) is 4.90 Å². The van der Waals surface area contributed by atoms with Crippen LogP contribution in [0.15, 0.2) is 24.3 Å². The van der Waals surface area contributed by atoms with Gasteiger partial charge in [-0.25, -0.2) is 0 Å². The van der Waals surface area contributed by atoms with Gasteiger partial charge in [0.15, 0.2) is 0 Å². The molecular weight excluding hydrogens is 322 g/mol. The third-order valence-electron chi connectivity index (χ3n) is 4.58. The number of amides is 3. The van der Waals surface area contributed by atoms with Crippen molar-refractivity contribution in [2.75, 3.05) is 25.0 Å². The smallest absolute Gasteiger partial charge is 0.250 e. The number of carbonyl (C=O) groups excluding carboxylic acids is 3. The van der Waals surface area contributed by atoms with E-state index in [4.69, 9.17) is 17.2 Å². The van der Waals surface area contributed by atoms with Crippen molar-refractivity contribution < 1.29 is 14.4 Å². The summed E-state index contributed by atoms with van der Waals surface area (Å²) in [6.45, 7) is 2.11. The molecule has 1 heterocycles. The molecule has 0 saturated carbocycles. The highest BCUT2D eigenvalue weighted by atomic mass is 16.2. The molecule has 0 aromatic heterocycles. The van der Waals surface area contributed by atoms with E-state index in [1.165, 1.54) is 0 Å². The summed E-state index contributed by atoms with van der Waals surface area (Å²) in [5.74, 6) is -1.21. The number of nitrogens with two attached hydrogens (primary N) is 3. The number of primary amides is 2. The van der Waals surface area contributed by atoms with Gasteiger partial charge in [0, 0.05) is 19.5 Å². The lowest BCUT2D eigenvalue weighted by atomic mass is 9.88. The first-order chi connectivity index (χ1) is 11.8. The molecule has 0 aliphatic carbocycles. The lowest BCUT2D eigenvalue weighted by molar-refractivity contribution is -0.124. The summed E-state index contributed by atoms with van der Waals surface area (Å²) in [5.41, 5.74) is 16.4. The first-order valence-electron chi connectivity index (χ1n) is 8.32. The number of nitrogens with zero attached hydrogens (tertiary/aromatic N) is 1. The van der Waals surface area contributed by atoms with Crippen LogP contribution in [-0.2, 0) is 9.59 Å². The molecule has 136 valence electrons. The number of carbonyl (C=O) groups is 3. The molecule has 7 N–H and O–H groups in total. The normalized spacial score (nSPS) is 17.0. The van der Waals surface area contributed by atoms with Crippen molar-refractivity contribution in [3.63, 3.8) is 0 Å². The Morgan fingerprint density at radius 1 is 1.12 bits per heavy atom. The number of benzene rings is 1. The van der Waals surface area contributed by atoms with Gasteiger partial charge in [-0.2, -0.15) is 0 Å². The summed E-state index contributed by atoms with van der Waals surface area (Å²) >= 11 is 0. The van der Waals surface area contributed by atoms with E-state index in [0.29, 0.717) is 44.5 Å². The summed E-state index contributed by atoms with van der Waals surface area (Å²) in [6.07, 6.45) is 2.05. The highest BCUT2D eigenvalue weighted by Gasteiger charge is 2.35. The van der Waals surface area contributed by atoms with Gasteiger partial charge in [-0.1, -0.05) is 12.1 Å². The van der Waals surface area contributed by atoms with Crippen LogP contribution in [0.3, 0.4) is 0 Å². The van der Waals surface area contributed by atoms with Gasteiger partial charge in [0.25, 0.3) is 5.91 Å². The lowest BCUT2D eigenvalue weighted by Gasteiger charge is -2.36. The van der Waals surface area contributed by atoms with Crippen LogP contribution >= 0.6 is 0 Å². The minimum absolute atomic E-state index is 0.170. The standard InChI is InChI=1S/C17H25N5O3/c18-15(24)12-4-1-2-5-13(12)21-14(23)6-3-9-22-10-7-17(20,8-11-22)16(19)25/h1-2,4-5H,3,6-11,20H2,(H2,18,24)(H2,19,25)(H,21,23). The lowest BCUT2D eigenvalue weighted by Crippen LogP contribution is -2.58. The molecule has 0 spiro atoms. The average molecular weight is 347 g/mol. The molecule has 8 nitrogen and oxygen atoms in total. The van der Waals surface area contributed by atoms with Gasteiger partial charge in [-0.3, -0.25) is 14.4 Å². The second-order valence-corrected chi connectivity index (χ2v) is 6.42. The highest BCUT2D eigenvalue weighted by Crippen LogP contribution is 2.20. The van der Waals surface area contributed by atoms with E-state index < -0.39 is 17.4 Å². The van der Waals surface area contributed by atoms with Crippen molar-refractivity contribution in [1.29, 1.82) is 0 Å². The Bertz CT molecular complexity index is 653. The molecule has 1 aromatic rings. The van der Waals surface area contributed by atoms with Crippen molar-refractivity contribution in [2.24, 2.45) is 17.2 Å². The van der Waals surface area contributed by atoms with Gasteiger partial charge < -0.3 is 27.4 Å². The summed E-state index contributed by atoms with van der Waals surface area (Å²) < 4.78 is 0. The molecule has 0 atom stereocenters. The van der Waals surface area contributed by atoms with Crippen LogP contribution in [0.5, 0.6) is 0 Å². The molecule has 0 bridgehead atoms. The molecule has 1 fully saturated rings. The number of likely N-dealkylation sites (tertiary alicyclic amines) is 1. The predicted molar refractivity (Wildman–Crippen MR) is 94.6 cm³/mol. The van der Waals surface area contributed by atoms with E-state index in [1.807, 2.05) is 0 Å². The number of hydrogen-bond acceptors (Lipinski definition) is 5. The van der Waals surface area contributed by atoms with Crippen molar-refractivity contribution >= 4 is 23.4 Å². The van der Waals surface area contributed by atoms with E-state index in [9.17, 15) is 14.4 Å². The fourth-order valence-corrected chi connectivity index (χ4v) is 2.90. The zero-order valence-electron chi connectivity index (χ0n) is 14.2. The molecule has 8 heteroatoms. The minimum Gasteiger partial charge on any atom is -0.368 e. The Morgan fingerprint density at radius 3 is 2.36 bits per heavy atom. The van der Waals surface area contributed by atoms with Crippen LogP contribution in [0, 0.1) is 0 Å². The van der Waals surface area contributed by atoms with Gasteiger partial charge in [-0.05, 0) is 37.9 Å². The highest BCUT2D eigenvalue weighted by molar-refractivity contribution is 6.02. The number of piperidine rings is 1. The van der Waals surface area contributed by atoms with Crippen LogP contribution in [0.4, 0.5) is 5.69 Å². The largest absolute Gasteiger partial charge is 0.368 e. The minimum atomic E-state index is -0.910. The SMILES string of the molecule is NC(=O)c1ccccc1NC(=O)CCCN1CCC(N)(C(N)=O)CC1. The van der Waals surface area contributed by atoms with Gasteiger partial charge in [0.1, 0.15) is 0 Å². The van der Waals surface area contributed by atoms with Crippen LogP contribution in [0.1, 0.15) is 36.0 Å². The van der Waals surface area contributed by atoms with E-state index in [0.717, 1.165) is 6.54 Å². The number of hydrogen-bond donors (Lipinski definition) is 4. The zero-order chi connectivity index (χ0) is 18.4. The molecule has 2 rings (SSSR count). The molecule has 1 aliphatic heterocycles. The Hall–Kier alpha value is -2.45. The number of anilines is 1. The fourth-order valence-electron chi connectivity index (χ4n) is 2.90. The monoisotopic (exact) mass is 347 g/mol. The zero-order valence-corrected chi connectivity index (χ0v) is 14.2. The first kappa shape index (κ1) is 18.9. The number of para-hydroxylation sites is 1. The Balaban J connectivity index is 1.75. The molecule has 1 saturated heterocycles. The molecule has 3 amide bonds. The number of nitrogens with one attached hydrogen (secondary N) is 1. The second kappa shape index (κ2) is 8.09. The summed E-state index contributed by atoms with van der Waals surface area (Å²) in [4.78, 5) is 36.9. The van der Waals surface area contributed by atoms with Crippen LogP contribution in [-0.4, -0.2) is 47.8 Å². The maximum Gasteiger partial charge on any atom is 0.250 e. The molecular formula is C17H25N5O3. The van der Waals surface area contributed by atoms with Gasteiger partial charge in [-0.15, -0.1) is 0 Å². The summed E-state index contributed by atoms with van der Waals surface area (Å²) in [6, 6.07) is 6.64. The molecule has 1 aromatic carbocycles. The molecule has 25 heavy (non-hydrogen) atoms. The maximum absolute atomic E-state index is 12.1. The van der Waals surface area contributed by atoms with Crippen LogP contribution in [0.25, 0.3) is 0 Å². The molecule has 0 unspecified atom stereocenters. The third-order valence-corrected chi connectivity index (χ3v) is 4.58. The summed E-state index contributed by atoms with van der Waals surface area (Å²) in [7, 11) is 0. The average Bonchev–Trinajstić information content (AvgIpc) is 2.57. The molecule has 0 radical (unpaired) electrons. The van der Waals surface area contributed by atoms with Crippen molar-refractivity contribution in [2.45, 2.75) is 31.2 Å². The Morgan fingerprint density at radius 2 is 1.76 bits per heavy atom. The van der Waals surface area contributed by atoms with E-state index in [-0.39, 0.29) is 11.5 Å². The van der Waals surface area contributed by atoms with Gasteiger partial charge >= 0.3 is 0 Å². The van der Waals surface area contributed by atoms with Gasteiger partial charge in [0.2, 0.25) is 11.8 Å². The van der Waals surface area contributed by atoms with E-state index in [1.54, 1.807) is 24.3 Å². The fraction of sp³-hybridized carbons (Fsp3) is 0.471. The van der Waals surface area contributed by atoms with Crippen molar-refractivity contribution in [3.05, 3.63) is 29.8 Å². The maximum atomic E-state index is 12.1.